The van der Waals surface area contributed by atoms with Crippen LogP contribution in [0.4, 0.5) is 13.2 Å². The molecule has 1 aliphatic heterocycles. The number of nitrogens with zero attached hydrogens (tertiary/aromatic N) is 2. The van der Waals surface area contributed by atoms with E-state index in [1.165, 1.54) is 12.1 Å². The van der Waals surface area contributed by atoms with Crippen LogP contribution in [0.15, 0.2) is 66.2 Å². The topological polar surface area (TPSA) is 71.9 Å². The number of halogens is 3. The predicted molar refractivity (Wildman–Crippen MR) is 92.5 cm³/mol. The van der Waals surface area contributed by atoms with E-state index in [2.05, 4.69) is 4.98 Å². The molecule has 7 heteroatoms. The second-order valence-electron chi connectivity index (χ2n) is 6.10. The summed E-state index contributed by atoms with van der Waals surface area (Å²) < 4.78 is 44.3. The van der Waals surface area contributed by atoms with Crippen LogP contribution in [0, 0.1) is 11.3 Å². The Kier molecular flexibility index (Phi) is 3.77. The largest absolute Gasteiger partial charge is 0.438 e. The van der Waals surface area contributed by atoms with Crippen molar-refractivity contribution in [2.24, 2.45) is 5.73 Å². The van der Waals surface area contributed by atoms with Crippen LogP contribution in [0.2, 0.25) is 0 Å². The Morgan fingerprint density at radius 2 is 1.81 bits per heavy atom. The molecule has 0 unspecified atom stereocenters. The third-order valence-corrected chi connectivity index (χ3v) is 4.53. The first-order valence-corrected chi connectivity index (χ1v) is 8.02. The fourth-order valence-corrected chi connectivity index (χ4v) is 3.26. The van der Waals surface area contributed by atoms with Crippen molar-refractivity contribution in [1.82, 2.24) is 4.98 Å². The molecule has 2 N–H and O–H groups in total. The van der Waals surface area contributed by atoms with Crippen LogP contribution in [-0.2, 0) is 6.18 Å². The van der Waals surface area contributed by atoms with Gasteiger partial charge in [0.2, 0.25) is 5.88 Å². The fourth-order valence-electron chi connectivity index (χ4n) is 3.26. The molecule has 1 atom stereocenters. The minimum atomic E-state index is -4.43. The quantitative estimate of drug-likeness (QED) is 0.689. The van der Waals surface area contributed by atoms with Crippen molar-refractivity contribution in [2.75, 3.05) is 0 Å². The third kappa shape index (κ3) is 2.75. The number of fused-ring (bicyclic) bond motifs is 3. The van der Waals surface area contributed by atoms with Gasteiger partial charge in [0, 0.05) is 17.1 Å². The lowest BCUT2D eigenvalue weighted by molar-refractivity contribution is -0.137. The van der Waals surface area contributed by atoms with Gasteiger partial charge in [-0.05, 0) is 23.8 Å². The third-order valence-electron chi connectivity index (χ3n) is 4.53. The summed E-state index contributed by atoms with van der Waals surface area (Å²) in [5.74, 6) is -0.296. The zero-order chi connectivity index (χ0) is 19.2. The van der Waals surface area contributed by atoms with Crippen LogP contribution in [0.25, 0.3) is 10.9 Å². The summed E-state index contributed by atoms with van der Waals surface area (Å²) in [6, 6.07) is 14.0. The Morgan fingerprint density at radius 3 is 2.48 bits per heavy atom. The molecule has 2 heterocycles. The lowest BCUT2D eigenvalue weighted by atomic mass is 9.83. The molecule has 2 aromatic carbocycles. The maximum Gasteiger partial charge on any atom is 0.416 e. The Hall–Kier alpha value is -3.53. The second-order valence-corrected chi connectivity index (χ2v) is 6.10. The Morgan fingerprint density at radius 1 is 1.07 bits per heavy atom. The first-order valence-electron chi connectivity index (χ1n) is 8.02. The number of hydrogen-bond acceptors (Lipinski definition) is 4. The zero-order valence-corrected chi connectivity index (χ0v) is 13.8. The van der Waals surface area contributed by atoms with Gasteiger partial charge in [-0.15, -0.1) is 0 Å². The lowest BCUT2D eigenvalue weighted by Gasteiger charge is -2.27. The number of alkyl halides is 3. The highest BCUT2D eigenvalue weighted by atomic mass is 19.4. The maximum atomic E-state index is 12.9. The molecular formula is C20H12F3N3O. The highest BCUT2D eigenvalue weighted by Crippen LogP contribution is 2.45. The van der Waals surface area contributed by atoms with E-state index in [0.717, 1.165) is 17.5 Å². The van der Waals surface area contributed by atoms with Crippen molar-refractivity contribution in [3.8, 4) is 11.8 Å². The van der Waals surface area contributed by atoms with Crippen molar-refractivity contribution in [1.29, 1.82) is 5.26 Å². The molecule has 0 radical (unpaired) electrons. The predicted octanol–water partition coefficient (Wildman–Crippen LogP) is 4.47. The summed E-state index contributed by atoms with van der Waals surface area (Å²) in [5, 5.41) is 10.4. The highest BCUT2D eigenvalue weighted by Gasteiger charge is 2.34. The van der Waals surface area contributed by atoms with Crippen LogP contribution < -0.4 is 10.5 Å². The summed E-state index contributed by atoms with van der Waals surface area (Å²) in [7, 11) is 0. The number of pyridine rings is 1. The highest BCUT2D eigenvalue weighted by molar-refractivity contribution is 5.87. The van der Waals surface area contributed by atoms with E-state index in [-0.39, 0.29) is 11.5 Å². The monoisotopic (exact) mass is 367 g/mol. The van der Waals surface area contributed by atoms with E-state index in [4.69, 9.17) is 10.5 Å². The van der Waals surface area contributed by atoms with E-state index >= 15 is 0 Å². The average molecular weight is 367 g/mol. The van der Waals surface area contributed by atoms with Gasteiger partial charge in [0.25, 0.3) is 0 Å². The van der Waals surface area contributed by atoms with Crippen molar-refractivity contribution in [3.05, 3.63) is 82.9 Å². The van der Waals surface area contributed by atoms with Crippen LogP contribution in [0.3, 0.4) is 0 Å². The van der Waals surface area contributed by atoms with Crippen LogP contribution in [0.1, 0.15) is 22.6 Å². The molecule has 0 aliphatic carbocycles. The molecule has 134 valence electrons. The van der Waals surface area contributed by atoms with Gasteiger partial charge in [-0.25, -0.2) is 0 Å². The molecule has 1 aliphatic rings. The number of rotatable bonds is 1. The lowest BCUT2D eigenvalue weighted by Crippen LogP contribution is -2.21. The van der Waals surface area contributed by atoms with Gasteiger partial charge in [-0.1, -0.05) is 30.3 Å². The SMILES string of the molecule is N#CC1=C(N)Oc2c(ccc3cccnc23)[C@H]1c1ccc(C(F)(F)F)cc1. The number of aromatic nitrogens is 1. The molecule has 0 fully saturated rings. The van der Waals surface area contributed by atoms with E-state index < -0.39 is 17.7 Å². The molecule has 27 heavy (non-hydrogen) atoms. The summed E-state index contributed by atoms with van der Waals surface area (Å²) in [5.41, 5.74) is 7.07. The average Bonchev–Trinajstić information content (AvgIpc) is 2.66. The Balaban J connectivity index is 1.92. The smallest absolute Gasteiger partial charge is 0.416 e. The van der Waals surface area contributed by atoms with Crippen molar-refractivity contribution < 1.29 is 17.9 Å². The fraction of sp³-hybridized carbons (Fsp3) is 0.100. The van der Waals surface area contributed by atoms with E-state index in [1.54, 1.807) is 18.3 Å². The van der Waals surface area contributed by atoms with Gasteiger partial charge in [0.1, 0.15) is 17.2 Å². The molecule has 4 nitrogen and oxygen atoms in total. The Bertz CT molecular complexity index is 1110. The van der Waals surface area contributed by atoms with E-state index in [0.29, 0.717) is 22.4 Å². The Labute approximate surface area is 152 Å². The number of nitriles is 1. The van der Waals surface area contributed by atoms with Crippen LogP contribution in [-0.4, -0.2) is 4.98 Å². The molecule has 1 aromatic heterocycles. The van der Waals surface area contributed by atoms with Crippen molar-refractivity contribution in [2.45, 2.75) is 12.1 Å². The molecule has 0 saturated carbocycles. The zero-order valence-electron chi connectivity index (χ0n) is 13.8. The molecule has 0 spiro atoms. The van der Waals surface area contributed by atoms with Gasteiger partial charge in [0.15, 0.2) is 5.75 Å². The summed E-state index contributed by atoms with van der Waals surface area (Å²) in [6.07, 6.45) is -2.82. The first kappa shape index (κ1) is 16.9. The van der Waals surface area contributed by atoms with Gasteiger partial charge < -0.3 is 10.5 Å². The second kappa shape index (κ2) is 6.02. The number of ether oxygens (including phenoxy) is 1. The molecule has 0 bridgehead atoms. The summed E-state index contributed by atoms with van der Waals surface area (Å²) in [6.45, 7) is 0. The molecule has 0 saturated heterocycles. The van der Waals surface area contributed by atoms with E-state index in [9.17, 15) is 18.4 Å². The number of allylic oxidation sites excluding steroid dienone is 1. The normalized spacial score (nSPS) is 16.6. The molecular weight excluding hydrogens is 355 g/mol. The summed E-state index contributed by atoms with van der Waals surface area (Å²) >= 11 is 0. The van der Waals surface area contributed by atoms with Gasteiger partial charge >= 0.3 is 6.18 Å². The first-order chi connectivity index (χ1) is 12.9. The summed E-state index contributed by atoms with van der Waals surface area (Å²) in [4.78, 5) is 4.32. The van der Waals surface area contributed by atoms with Crippen molar-refractivity contribution >= 4 is 10.9 Å². The number of benzene rings is 2. The van der Waals surface area contributed by atoms with E-state index in [1.807, 2.05) is 18.2 Å². The van der Waals surface area contributed by atoms with Gasteiger partial charge in [-0.2, -0.15) is 18.4 Å². The standard InChI is InChI=1S/C20H12F3N3O/c21-20(22,23)13-6-3-11(4-7-13)16-14-8-5-12-2-1-9-26-17(12)18(14)27-19(25)15(16)10-24/h1-9,16H,25H2/t16-/m1/s1. The number of nitrogens with two attached hydrogens (primary N) is 1. The minimum absolute atomic E-state index is 0.0759. The van der Waals surface area contributed by atoms with Crippen molar-refractivity contribution in [3.63, 3.8) is 0 Å². The maximum absolute atomic E-state index is 12.9. The van der Waals surface area contributed by atoms with Gasteiger partial charge in [0.05, 0.1) is 11.5 Å². The molecule has 3 aromatic rings. The van der Waals surface area contributed by atoms with Gasteiger partial charge in [-0.3, -0.25) is 4.98 Å². The molecule has 0 amide bonds. The minimum Gasteiger partial charge on any atom is -0.438 e. The number of hydrogen-bond donors (Lipinski definition) is 1. The van der Waals surface area contributed by atoms with Crippen LogP contribution in [0.5, 0.6) is 5.75 Å². The molecule has 4 rings (SSSR count). The van der Waals surface area contributed by atoms with Crippen LogP contribution >= 0.6 is 0 Å².